The second-order valence-corrected chi connectivity index (χ2v) is 3.93. The largest absolute Gasteiger partial charge is 0.467 e. The van der Waals surface area contributed by atoms with Crippen LogP contribution in [-0.4, -0.2) is 35.2 Å². The summed E-state index contributed by atoms with van der Waals surface area (Å²) in [6.07, 6.45) is 1.15. The van der Waals surface area contributed by atoms with Crippen molar-refractivity contribution >= 4 is 11.9 Å². The van der Waals surface area contributed by atoms with Gasteiger partial charge in [-0.15, -0.1) is 0 Å². The molecule has 0 aromatic carbocycles. The average Bonchev–Trinajstić information content (AvgIpc) is 2.75. The number of anilines is 2. The first-order valence-electron chi connectivity index (χ1n) is 5.24. The molecule has 0 saturated carbocycles. The van der Waals surface area contributed by atoms with Crippen LogP contribution in [0.4, 0.5) is 11.9 Å². The number of hydrazine groups is 1. The van der Waals surface area contributed by atoms with E-state index >= 15 is 0 Å². The van der Waals surface area contributed by atoms with E-state index in [4.69, 9.17) is 10.6 Å². The Morgan fingerprint density at radius 1 is 1.44 bits per heavy atom. The summed E-state index contributed by atoms with van der Waals surface area (Å²) in [5, 5.41) is 0. The van der Waals surface area contributed by atoms with Gasteiger partial charge in [0.25, 0.3) is 0 Å². The molecule has 0 radical (unpaired) electrons. The van der Waals surface area contributed by atoms with E-state index in [0.29, 0.717) is 17.8 Å². The Kier molecular flexibility index (Phi) is 3.04. The number of hydrogen-bond acceptors (Lipinski definition) is 7. The summed E-state index contributed by atoms with van der Waals surface area (Å²) >= 11 is 0. The lowest BCUT2D eigenvalue weighted by atomic mass is 10.2. The summed E-state index contributed by atoms with van der Waals surface area (Å²) < 4.78 is 5.00. The lowest BCUT2D eigenvalue weighted by Crippen LogP contribution is -2.23. The molecule has 0 aliphatic carbocycles. The Hall–Kier alpha value is -1.63. The van der Waals surface area contributed by atoms with Crippen LogP contribution < -0.4 is 20.9 Å². The van der Waals surface area contributed by atoms with Crippen molar-refractivity contribution < 1.29 is 4.74 Å². The minimum atomic E-state index is 0.275. The standard InChI is InChI=1S/C9H16N6O/c1-6-3-4-15(5-6)8-11-7(14-10)12-9(13-8)16-2/h6H,3-5,10H2,1-2H3,(H,11,12,13,14). The fourth-order valence-corrected chi connectivity index (χ4v) is 1.76. The van der Waals surface area contributed by atoms with Crippen molar-refractivity contribution in [3.05, 3.63) is 0 Å². The lowest BCUT2D eigenvalue weighted by Gasteiger charge is -2.16. The van der Waals surface area contributed by atoms with E-state index in [-0.39, 0.29) is 6.01 Å². The van der Waals surface area contributed by atoms with E-state index in [2.05, 4.69) is 32.2 Å². The fourth-order valence-electron chi connectivity index (χ4n) is 1.76. The molecule has 88 valence electrons. The van der Waals surface area contributed by atoms with Crippen LogP contribution in [0, 0.1) is 5.92 Å². The molecule has 0 amide bonds. The fraction of sp³-hybridized carbons (Fsp3) is 0.667. The number of nitrogens with one attached hydrogen (secondary N) is 1. The van der Waals surface area contributed by atoms with Gasteiger partial charge >= 0.3 is 6.01 Å². The molecule has 2 rings (SSSR count). The van der Waals surface area contributed by atoms with Crippen LogP contribution in [0.15, 0.2) is 0 Å². The highest BCUT2D eigenvalue weighted by molar-refractivity contribution is 5.38. The third-order valence-electron chi connectivity index (χ3n) is 2.62. The molecular weight excluding hydrogens is 208 g/mol. The van der Waals surface area contributed by atoms with E-state index in [1.807, 2.05) is 0 Å². The van der Waals surface area contributed by atoms with Crippen LogP contribution in [0.2, 0.25) is 0 Å². The van der Waals surface area contributed by atoms with Crippen molar-refractivity contribution in [3.8, 4) is 6.01 Å². The second kappa shape index (κ2) is 4.48. The maximum absolute atomic E-state index is 5.29. The van der Waals surface area contributed by atoms with Crippen LogP contribution in [0.3, 0.4) is 0 Å². The number of nitrogen functional groups attached to an aromatic ring is 1. The highest BCUT2D eigenvalue weighted by Gasteiger charge is 2.22. The van der Waals surface area contributed by atoms with Gasteiger partial charge in [-0.3, -0.25) is 5.43 Å². The quantitative estimate of drug-likeness (QED) is 0.552. The Morgan fingerprint density at radius 3 is 2.81 bits per heavy atom. The minimum Gasteiger partial charge on any atom is -0.467 e. The molecular formula is C9H16N6O. The summed E-state index contributed by atoms with van der Waals surface area (Å²) in [6.45, 7) is 4.12. The van der Waals surface area contributed by atoms with E-state index in [0.717, 1.165) is 19.5 Å². The molecule has 2 heterocycles. The molecule has 1 aliphatic heterocycles. The van der Waals surface area contributed by atoms with E-state index < -0.39 is 0 Å². The van der Waals surface area contributed by atoms with Crippen molar-refractivity contribution in [1.29, 1.82) is 0 Å². The number of aromatic nitrogens is 3. The monoisotopic (exact) mass is 224 g/mol. The van der Waals surface area contributed by atoms with Gasteiger partial charge in [0, 0.05) is 13.1 Å². The molecule has 1 aromatic rings. The molecule has 1 aliphatic rings. The number of rotatable bonds is 3. The number of nitrogens with two attached hydrogens (primary N) is 1. The highest BCUT2D eigenvalue weighted by Crippen LogP contribution is 2.22. The zero-order valence-electron chi connectivity index (χ0n) is 9.47. The molecule has 1 unspecified atom stereocenters. The molecule has 7 nitrogen and oxygen atoms in total. The molecule has 7 heteroatoms. The second-order valence-electron chi connectivity index (χ2n) is 3.93. The normalized spacial score (nSPS) is 19.9. The predicted molar refractivity (Wildman–Crippen MR) is 60.2 cm³/mol. The van der Waals surface area contributed by atoms with Gasteiger partial charge in [0.15, 0.2) is 0 Å². The summed E-state index contributed by atoms with van der Waals surface area (Å²) in [5.74, 6) is 6.89. The first kappa shape index (κ1) is 10.9. The molecule has 1 atom stereocenters. The number of hydrogen-bond donors (Lipinski definition) is 2. The topological polar surface area (TPSA) is 89.2 Å². The Bertz CT molecular complexity index is 349. The number of methoxy groups -OCH3 is 1. The zero-order chi connectivity index (χ0) is 11.5. The smallest absolute Gasteiger partial charge is 0.322 e. The molecule has 1 aromatic heterocycles. The zero-order valence-corrected chi connectivity index (χ0v) is 9.47. The number of ether oxygens (including phenoxy) is 1. The van der Waals surface area contributed by atoms with Gasteiger partial charge in [0.2, 0.25) is 11.9 Å². The predicted octanol–water partition coefficient (Wildman–Crippen LogP) is 0.0120. The Labute approximate surface area is 94.0 Å². The average molecular weight is 224 g/mol. The van der Waals surface area contributed by atoms with Gasteiger partial charge in [-0.2, -0.15) is 15.0 Å². The van der Waals surface area contributed by atoms with E-state index in [1.165, 1.54) is 7.11 Å². The third kappa shape index (κ3) is 2.13. The van der Waals surface area contributed by atoms with Crippen molar-refractivity contribution in [1.82, 2.24) is 15.0 Å². The summed E-state index contributed by atoms with van der Waals surface area (Å²) in [5.41, 5.74) is 2.41. The highest BCUT2D eigenvalue weighted by atomic mass is 16.5. The maximum Gasteiger partial charge on any atom is 0.322 e. The van der Waals surface area contributed by atoms with Crippen molar-refractivity contribution in [3.63, 3.8) is 0 Å². The Morgan fingerprint density at radius 2 is 2.25 bits per heavy atom. The van der Waals surface area contributed by atoms with E-state index in [1.54, 1.807) is 0 Å². The summed E-state index contributed by atoms with van der Waals surface area (Å²) in [4.78, 5) is 14.5. The molecule has 1 fully saturated rings. The van der Waals surface area contributed by atoms with Crippen LogP contribution in [0.1, 0.15) is 13.3 Å². The van der Waals surface area contributed by atoms with Gasteiger partial charge in [0.05, 0.1) is 7.11 Å². The number of nitrogens with zero attached hydrogens (tertiary/aromatic N) is 4. The van der Waals surface area contributed by atoms with Crippen molar-refractivity contribution in [2.75, 3.05) is 30.5 Å². The first-order valence-corrected chi connectivity index (χ1v) is 5.24. The van der Waals surface area contributed by atoms with Crippen LogP contribution in [-0.2, 0) is 0 Å². The molecule has 16 heavy (non-hydrogen) atoms. The summed E-state index contributed by atoms with van der Waals surface area (Å²) in [7, 11) is 1.52. The van der Waals surface area contributed by atoms with Gasteiger partial charge in [-0.1, -0.05) is 6.92 Å². The Balaban J connectivity index is 2.25. The van der Waals surface area contributed by atoms with Crippen LogP contribution >= 0.6 is 0 Å². The van der Waals surface area contributed by atoms with Crippen molar-refractivity contribution in [2.24, 2.45) is 11.8 Å². The minimum absolute atomic E-state index is 0.275. The molecule has 3 N–H and O–H groups in total. The third-order valence-corrected chi connectivity index (χ3v) is 2.62. The SMILES string of the molecule is COc1nc(NN)nc(N2CCC(C)C2)n1. The van der Waals surface area contributed by atoms with Gasteiger partial charge in [-0.05, 0) is 12.3 Å². The lowest BCUT2D eigenvalue weighted by molar-refractivity contribution is 0.379. The molecule has 0 spiro atoms. The molecule has 1 saturated heterocycles. The van der Waals surface area contributed by atoms with Crippen molar-refractivity contribution in [2.45, 2.75) is 13.3 Å². The molecule has 0 bridgehead atoms. The van der Waals surface area contributed by atoms with Gasteiger partial charge < -0.3 is 9.64 Å². The van der Waals surface area contributed by atoms with Crippen LogP contribution in [0.25, 0.3) is 0 Å². The van der Waals surface area contributed by atoms with Crippen LogP contribution in [0.5, 0.6) is 6.01 Å². The summed E-state index contributed by atoms with van der Waals surface area (Å²) in [6, 6.07) is 0.275. The van der Waals surface area contributed by atoms with E-state index in [9.17, 15) is 0 Å². The van der Waals surface area contributed by atoms with Gasteiger partial charge in [-0.25, -0.2) is 5.84 Å². The van der Waals surface area contributed by atoms with Gasteiger partial charge in [0.1, 0.15) is 0 Å². The maximum atomic E-state index is 5.29. The first-order chi connectivity index (χ1) is 7.72.